The molecule has 0 amide bonds. The monoisotopic (exact) mass is 215 g/mol. The lowest BCUT2D eigenvalue weighted by atomic mass is 10.2. The Hall–Kier alpha value is 0.310. The van der Waals surface area contributed by atoms with Gasteiger partial charge < -0.3 is 5.32 Å². The van der Waals surface area contributed by atoms with Crippen molar-refractivity contribution in [3.8, 4) is 0 Å². The summed E-state index contributed by atoms with van der Waals surface area (Å²) in [5.74, 6) is 2.24. The van der Waals surface area contributed by atoms with Crippen LogP contribution in [0.2, 0.25) is 0 Å². The van der Waals surface area contributed by atoms with E-state index in [9.17, 15) is 0 Å². The van der Waals surface area contributed by atoms with E-state index in [4.69, 9.17) is 0 Å². The first kappa shape index (κ1) is 12.4. The van der Waals surface area contributed by atoms with Gasteiger partial charge in [-0.3, -0.25) is 0 Å². The second-order valence-electron chi connectivity index (χ2n) is 4.48. The first-order chi connectivity index (χ1) is 6.77. The Kier molecular flexibility index (Phi) is 5.95. The SMILES string of the molecule is CCNC1CCCC1SCC(C)CC. The van der Waals surface area contributed by atoms with Crippen LogP contribution in [0.1, 0.15) is 46.5 Å². The van der Waals surface area contributed by atoms with E-state index >= 15 is 0 Å². The molecule has 0 radical (unpaired) electrons. The molecule has 3 unspecified atom stereocenters. The molecular weight excluding hydrogens is 190 g/mol. The first-order valence-corrected chi connectivity index (χ1v) is 7.17. The van der Waals surface area contributed by atoms with Crippen molar-refractivity contribution >= 4 is 11.8 Å². The maximum atomic E-state index is 3.62. The third kappa shape index (κ3) is 3.82. The summed E-state index contributed by atoms with van der Waals surface area (Å²) in [6.45, 7) is 8.01. The second-order valence-corrected chi connectivity index (χ2v) is 5.75. The summed E-state index contributed by atoms with van der Waals surface area (Å²) >= 11 is 2.20. The van der Waals surface area contributed by atoms with Crippen LogP contribution in [0.15, 0.2) is 0 Å². The topological polar surface area (TPSA) is 12.0 Å². The summed E-state index contributed by atoms with van der Waals surface area (Å²) in [6.07, 6.45) is 5.58. The summed E-state index contributed by atoms with van der Waals surface area (Å²) < 4.78 is 0. The maximum Gasteiger partial charge on any atom is 0.0201 e. The molecule has 0 heterocycles. The van der Waals surface area contributed by atoms with Crippen molar-refractivity contribution in [3.05, 3.63) is 0 Å². The number of rotatable bonds is 6. The lowest BCUT2D eigenvalue weighted by molar-refractivity contribution is 0.549. The molecule has 1 N–H and O–H groups in total. The van der Waals surface area contributed by atoms with Gasteiger partial charge in [-0.2, -0.15) is 11.8 Å². The normalized spacial score (nSPS) is 29.4. The minimum atomic E-state index is 0.800. The average Bonchev–Trinajstić information content (AvgIpc) is 2.62. The fourth-order valence-corrected chi connectivity index (χ4v) is 3.64. The minimum absolute atomic E-state index is 0.800. The zero-order chi connectivity index (χ0) is 10.4. The molecule has 1 nitrogen and oxygen atoms in total. The van der Waals surface area contributed by atoms with Crippen LogP contribution in [0, 0.1) is 5.92 Å². The zero-order valence-corrected chi connectivity index (χ0v) is 10.7. The second kappa shape index (κ2) is 6.73. The van der Waals surface area contributed by atoms with Gasteiger partial charge in [0.25, 0.3) is 0 Å². The van der Waals surface area contributed by atoms with E-state index in [1.165, 1.54) is 31.4 Å². The Labute approximate surface area is 93.4 Å². The van der Waals surface area contributed by atoms with E-state index in [2.05, 4.69) is 37.8 Å². The molecule has 1 rings (SSSR count). The quantitative estimate of drug-likeness (QED) is 0.729. The van der Waals surface area contributed by atoms with Crippen molar-refractivity contribution in [2.75, 3.05) is 12.3 Å². The molecule has 0 aliphatic heterocycles. The van der Waals surface area contributed by atoms with Crippen molar-refractivity contribution < 1.29 is 0 Å². The predicted octanol–water partition coefficient (Wildman–Crippen LogP) is 3.30. The summed E-state index contributed by atoms with van der Waals surface area (Å²) in [7, 11) is 0. The van der Waals surface area contributed by atoms with E-state index in [1.54, 1.807) is 0 Å². The van der Waals surface area contributed by atoms with Gasteiger partial charge in [0.15, 0.2) is 0 Å². The third-order valence-corrected chi connectivity index (χ3v) is 4.96. The maximum absolute atomic E-state index is 3.62. The fourth-order valence-electron chi connectivity index (χ4n) is 2.03. The summed E-state index contributed by atoms with van der Waals surface area (Å²) in [5.41, 5.74) is 0. The highest BCUT2D eigenvalue weighted by molar-refractivity contribution is 7.99. The molecule has 1 aliphatic carbocycles. The van der Waals surface area contributed by atoms with Crippen LogP contribution >= 0.6 is 11.8 Å². The largest absolute Gasteiger partial charge is 0.313 e. The standard InChI is InChI=1S/C12H25NS/c1-4-10(3)9-14-12-8-6-7-11(12)13-5-2/h10-13H,4-9H2,1-3H3. The van der Waals surface area contributed by atoms with Gasteiger partial charge in [0.1, 0.15) is 0 Å². The zero-order valence-electron chi connectivity index (χ0n) is 9.88. The van der Waals surface area contributed by atoms with E-state index in [1.807, 2.05) is 0 Å². The number of hydrogen-bond donors (Lipinski definition) is 1. The third-order valence-electron chi connectivity index (χ3n) is 3.21. The van der Waals surface area contributed by atoms with Crippen LogP contribution in [0.4, 0.5) is 0 Å². The van der Waals surface area contributed by atoms with E-state index in [0.29, 0.717) is 0 Å². The van der Waals surface area contributed by atoms with E-state index < -0.39 is 0 Å². The van der Waals surface area contributed by atoms with Gasteiger partial charge in [-0.1, -0.05) is 33.6 Å². The Morgan fingerprint density at radius 2 is 2.14 bits per heavy atom. The number of nitrogens with one attached hydrogen (secondary N) is 1. The van der Waals surface area contributed by atoms with Gasteiger partial charge in [0, 0.05) is 11.3 Å². The number of hydrogen-bond acceptors (Lipinski definition) is 2. The Balaban J connectivity index is 2.21. The molecule has 3 atom stereocenters. The average molecular weight is 215 g/mol. The molecule has 0 aromatic heterocycles. The van der Waals surface area contributed by atoms with Gasteiger partial charge in [0.05, 0.1) is 0 Å². The minimum Gasteiger partial charge on any atom is -0.313 e. The van der Waals surface area contributed by atoms with Crippen molar-refractivity contribution in [2.24, 2.45) is 5.92 Å². The lowest BCUT2D eigenvalue weighted by Crippen LogP contribution is -2.34. The molecule has 0 aromatic carbocycles. The smallest absolute Gasteiger partial charge is 0.0201 e. The van der Waals surface area contributed by atoms with Gasteiger partial charge in [-0.15, -0.1) is 0 Å². The van der Waals surface area contributed by atoms with Crippen LogP contribution in [-0.2, 0) is 0 Å². The Bertz CT molecular complexity index is 149. The molecular formula is C12H25NS. The van der Waals surface area contributed by atoms with E-state index in [0.717, 1.165) is 23.8 Å². The molecule has 1 saturated carbocycles. The lowest BCUT2D eigenvalue weighted by Gasteiger charge is -2.21. The highest BCUT2D eigenvalue weighted by atomic mass is 32.2. The molecule has 0 saturated heterocycles. The Morgan fingerprint density at radius 1 is 1.36 bits per heavy atom. The van der Waals surface area contributed by atoms with Crippen LogP contribution in [-0.4, -0.2) is 23.6 Å². The molecule has 1 aliphatic rings. The van der Waals surface area contributed by atoms with Crippen molar-refractivity contribution in [2.45, 2.75) is 57.7 Å². The van der Waals surface area contributed by atoms with Crippen LogP contribution in [0.25, 0.3) is 0 Å². The van der Waals surface area contributed by atoms with E-state index in [-0.39, 0.29) is 0 Å². The van der Waals surface area contributed by atoms with Crippen molar-refractivity contribution in [1.29, 1.82) is 0 Å². The molecule has 0 aromatic rings. The van der Waals surface area contributed by atoms with Crippen LogP contribution in [0.3, 0.4) is 0 Å². The molecule has 14 heavy (non-hydrogen) atoms. The first-order valence-electron chi connectivity index (χ1n) is 6.12. The highest BCUT2D eigenvalue weighted by Gasteiger charge is 2.26. The van der Waals surface area contributed by atoms with Crippen LogP contribution in [0.5, 0.6) is 0 Å². The van der Waals surface area contributed by atoms with Crippen molar-refractivity contribution in [3.63, 3.8) is 0 Å². The predicted molar refractivity (Wildman–Crippen MR) is 67.0 cm³/mol. The summed E-state index contributed by atoms with van der Waals surface area (Å²) in [4.78, 5) is 0. The van der Waals surface area contributed by atoms with Crippen molar-refractivity contribution in [1.82, 2.24) is 5.32 Å². The Morgan fingerprint density at radius 3 is 2.79 bits per heavy atom. The number of thioether (sulfide) groups is 1. The van der Waals surface area contributed by atoms with Crippen LogP contribution < -0.4 is 5.32 Å². The summed E-state index contributed by atoms with van der Waals surface area (Å²) in [6, 6.07) is 0.800. The highest BCUT2D eigenvalue weighted by Crippen LogP contribution is 2.31. The summed E-state index contributed by atoms with van der Waals surface area (Å²) in [5, 5.41) is 4.51. The molecule has 0 bridgehead atoms. The molecule has 84 valence electrons. The fraction of sp³-hybridized carbons (Fsp3) is 1.00. The van der Waals surface area contributed by atoms with Gasteiger partial charge in [-0.25, -0.2) is 0 Å². The molecule has 0 spiro atoms. The van der Waals surface area contributed by atoms with Gasteiger partial charge in [-0.05, 0) is 31.1 Å². The molecule has 1 fully saturated rings. The van der Waals surface area contributed by atoms with Gasteiger partial charge in [0.2, 0.25) is 0 Å². The molecule has 2 heteroatoms. The van der Waals surface area contributed by atoms with Gasteiger partial charge >= 0.3 is 0 Å².